The van der Waals surface area contributed by atoms with Crippen molar-refractivity contribution in [1.29, 1.82) is 0 Å². The predicted octanol–water partition coefficient (Wildman–Crippen LogP) is 3.58. The summed E-state index contributed by atoms with van der Waals surface area (Å²) in [6.45, 7) is 5.73. The second kappa shape index (κ2) is 6.45. The highest BCUT2D eigenvalue weighted by molar-refractivity contribution is 7.98. The molecule has 0 saturated carbocycles. The van der Waals surface area contributed by atoms with E-state index in [1.807, 2.05) is 13.8 Å². The minimum absolute atomic E-state index is 0.238. The van der Waals surface area contributed by atoms with E-state index < -0.39 is 11.8 Å². The highest BCUT2D eigenvalue weighted by atomic mass is 32.2. The van der Waals surface area contributed by atoms with Gasteiger partial charge in [-0.2, -0.15) is 0 Å². The fraction of sp³-hybridized carbons (Fsp3) is 0.364. The van der Waals surface area contributed by atoms with Crippen molar-refractivity contribution in [3.8, 4) is 0 Å². The second-order valence-corrected chi connectivity index (χ2v) is 3.48. The van der Waals surface area contributed by atoms with E-state index in [9.17, 15) is 9.18 Å². The lowest BCUT2D eigenvalue weighted by molar-refractivity contribution is 0.0688. The van der Waals surface area contributed by atoms with Crippen molar-refractivity contribution in [2.75, 3.05) is 6.26 Å². The SMILES string of the molecule is CC.CSc1cc(C)cc(F)c1C(=O)O. The Morgan fingerprint density at radius 1 is 1.40 bits per heavy atom. The van der Waals surface area contributed by atoms with Gasteiger partial charge >= 0.3 is 5.97 Å². The lowest BCUT2D eigenvalue weighted by atomic mass is 10.1. The molecular formula is C11H15FO2S. The van der Waals surface area contributed by atoms with Crippen LogP contribution in [0.4, 0.5) is 4.39 Å². The Bertz CT molecular complexity index is 351. The number of aryl methyl sites for hydroxylation is 1. The number of thioether (sulfide) groups is 1. The van der Waals surface area contributed by atoms with Crippen LogP contribution in [-0.2, 0) is 0 Å². The number of hydrogen-bond donors (Lipinski definition) is 1. The zero-order valence-electron chi connectivity index (χ0n) is 9.30. The molecule has 0 fully saturated rings. The number of rotatable bonds is 2. The van der Waals surface area contributed by atoms with Gasteiger partial charge in [0.05, 0.1) is 0 Å². The summed E-state index contributed by atoms with van der Waals surface area (Å²) < 4.78 is 13.2. The molecule has 1 N–H and O–H groups in total. The summed E-state index contributed by atoms with van der Waals surface area (Å²) in [6.07, 6.45) is 1.72. The van der Waals surface area contributed by atoms with Gasteiger partial charge in [0.1, 0.15) is 11.4 Å². The van der Waals surface area contributed by atoms with Gasteiger partial charge in [-0.1, -0.05) is 13.8 Å². The van der Waals surface area contributed by atoms with Gasteiger partial charge in [0.25, 0.3) is 0 Å². The minimum Gasteiger partial charge on any atom is -0.478 e. The summed E-state index contributed by atoms with van der Waals surface area (Å²) in [7, 11) is 0. The lowest BCUT2D eigenvalue weighted by Gasteiger charge is -2.05. The number of carbonyl (C=O) groups is 1. The first kappa shape index (κ1) is 14.0. The van der Waals surface area contributed by atoms with Gasteiger partial charge in [0.2, 0.25) is 0 Å². The number of halogens is 1. The molecule has 0 bridgehead atoms. The fourth-order valence-corrected chi connectivity index (χ4v) is 1.77. The van der Waals surface area contributed by atoms with E-state index in [1.165, 1.54) is 17.8 Å². The van der Waals surface area contributed by atoms with Gasteiger partial charge < -0.3 is 5.11 Å². The van der Waals surface area contributed by atoms with Crippen LogP contribution in [0.15, 0.2) is 17.0 Å². The van der Waals surface area contributed by atoms with E-state index in [0.29, 0.717) is 4.90 Å². The Balaban J connectivity index is 0.000000921. The van der Waals surface area contributed by atoms with E-state index in [-0.39, 0.29) is 5.56 Å². The van der Waals surface area contributed by atoms with Gasteiger partial charge in [-0.05, 0) is 30.9 Å². The first-order chi connectivity index (χ1) is 7.06. The first-order valence-electron chi connectivity index (χ1n) is 4.63. The van der Waals surface area contributed by atoms with E-state index in [1.54, 1.807) is 19.2 Å². The molecule has 0 aromatic heterocycles. The number of hydrogen-bond acceptors (Lipinski definition) is 2. The molecule has 0 heterocycles. The topological polar surface area (TPSA) is 37.3 Å². The largest absolute Gasteiger partial charge is 0.478 e. The average molecular weight is 230 g/mol. The summed E-state index contributed by atoms with van der Waals surface area (Å²) >= 11 is 1.23. The molecule has 84 valence electrons. The van der Waals surface area contributed by atoms with Crippen LogP contribution >= 0.6 is 11.8 Å². The fourth-order valence-electron chi connectivity index (χ4n) is 1.08. The molecule has 1 aromatic carbocycles. The van der Waals surface area contributed by atoms with Crippen LogP contribution in [0.3, 0.4) is 0 Å². The lowest BCUT2D eigenvalue weighted by Crippen LogP contribution is -2.03. The number of carboxylic acid groups (broad SMARTS) is 1. The van der Waals surface area contributed by atoms with E-state index in [4.69, 9.17) is 5.11 Å². The van der Waals surface area contributed by atoms with Crippen LogP contribution in [0.25, 0.3) is 0 Å². The highest BCUT2D eigenvalue weighted by Gasteiger charge is 2.15. The summed E-state index contributed by atoms with van der Waals surface area (Å²) in [5, 5.41) is 8.72. The monoisotopic (exact) mass is 230 g/mol. The maximum Gasteiger partial charge on any atom is 0.339 e. The Hall–Kier alpha value is -1.03. The van der Waals surface area contributed by atoms with Crippen LogP contribution in [0.1, 0.15) is 29.8 Å². The van der Waals surface area contributed by atoms with Crippen molar-refractivity contribution in [3.05, 3.63) is 29.1 Å². The number of benzene rings is 1. The zero-order chi connectivity index (χ0) is 12.0. The molecule has 15 heavy (non-hydrogen) atoms. The van der Waals surface area contributed by atoms with Crippen molar-refractivity contribution < 1.29 is 14.3 Å². The molecule has 0 spiro atoms. The predicted molar refractivity (Wildman–Crippen MR) is 61.2 cm³/mol. The Labute approximate surface area is 93.5 Å². The third-order valence-corrected chi connectivity index (χ3v) is 2.39. The van der Waals surface area contributed by atoms with Crippen LogP contribution in [-0.4, -0.2) is 17.3 Å². The van der Waals surface area contributed by atoms with Crippen LogP contribution < -0.4 is 0 Å². The third-order valence-electron chi connectivity index (χ3n) is 1.63. The van der Waals surface area contributed by atoms with Crippen molar-refractivity contribution in [3.63, 3.8) is 0 Å². The average Bonchev–Trinajstić information content (AvgIpc) is 2.18. The zero-order valence-corrected chi connectivity index (χ0v) is 10.1. The smallest absolute Gasteiger partial charge is 0.339 e. The van der Waals surface area contributed by atoms with Gasteiger partial charge in [-0.3, -0.25) is 0 Å². The molecular weight excluding hydrogens is 215 g/mol. The molecule has 0 aliphatic carbocycles. The Morgan fingerprint density at radius 2 is 1.93 bits per heavy atom. The Morgan fingerprint density at radius 3 is 2.33 bits per heavy atom. The number of aromatic carboxylic acids is 1. The highest BCUT2D eigenvalue weighted by Crippen LogP contribution is 2.24. The van der Waals surface area contributed by atoms with Crippen LogP contribution in [0.5, 0.6) is 0 Å². The molecule has 1 rings (SSSR count). The normalized spacial score (nSPS) is 9.13. The standard InChI is InChI=1S/C9H9FO2S.C2H6/c1-5-3-6(10)8(9(11)12)7(4-5)13-2;1-2/h3-4H,1-2H3,(H,11,12);1-2H3. The van der Waals surface area contributed by atoms with Gasteiger partial charge in [0, 0.05) is 4.90 Å². The maximum atomic E-state index is 13.2. The quantitative estimate of drug-likeness (QED) is 0.789. The molecule has 4 heteroatoms. The third kappa shape index (κ3) is 3.55. The molecule has 1 aromatic rings. The van der Waals surface area contributed by atoms with E-state index in [2.05, 4.69) is 0 Å². The van der Waals surface area contributed by atoms with Crippen molar-refractivity contribution in [2.45, 2.75) is 25.7 Å². The molecule has 0 aliphatic rings. The first-order valence-corrected chi connectivity index (χ1v) is 5.86. The molecule has 0 atom stereocenters. The molecule has 0 aliphatic heterocycles. The van der Waals surface area contributed by atoms with Gasteiger partial charge in [-0.15, -0.1) is 11.8 Å². The maximum absolute atomic E-state index is 13.2. The van der Waals surface area contributed by atoms with Gasteiger partial charge in [0.15, 0.2) is 0 Å². The molecule has 2 nitrogen and oxygen atoms in total. The van der Waals surface area contributed by atoms with Crippen LogP contribution in [0, 0.1) is 12.7 Å². The van der Waals surface area contributed by atoms with Crippen molar-refractivity contribution >= 4 is 17.7 Å². The summed E-state index contributed by atoms with van der Waals surface area (Å²) in [6, 6.07) is 2.89. The van der Waals surface area contributed by atoms with Gasteiger partial charge in [-0.25, -0.2) is 9.18 Å². The minimum atomic E-state index is -1.22. The second-order valence-electron chi connectivity index (χ2n) is 2.63. The number of carboxylic acids is 1. The molecule has 0 radical (unpaired) electrons. The van der Waals surface area contributed by atoms with Crippen molar-refractivity contribution in [1.82, 2.24) is 0 Å². The molecule has 0 amide bonds. The van der Waals surface area contributed by atoms with E-state index in [0.717, 1.165) is 5.56 Å². The summed E-state index contributed by atoms with van der Waals surface area (Å²) in [5.74, 6) is -1.89. The van der Waals surface area contributed by atoms with Crippen molar-refractivity contribution in [2.24, 2.45) is 0 Å². The molecule has 0 saturated heterocycles. The van der Waals surface area contributed by atoms with Crippen LogP contribution in [0.2, 0.25) is 0 Å². The molecule has 0 unspecified atom stereocenters. The Kier molecular flexibility index (Phi) is 6.01. The summed E-state index contributed by atoms with van der Waals surface area (Å²) in [5.41, 5.74) is 0.491. The summed E-state index contributed by atoms with van der Waals surface area (Å²) in [4.78, 5) is 11.1. The van der Waals surface area contributed by atoms with E-state index >= 15 is 0 Å².